The molecule has 2 aromatic carbocycles. The number of carbonyl (C=O) groups excluding carboxylic acids is 1. The average Bonchev–Trinajstić information content (AvgIpc) is 3.26. The molecule has 1 aliphatic carbocycles. The van der Waals surface area contributed by atoms with E-state index >= 15 is 0 Å². The Hall–Kier alpha value is -2.69. The van der Waals surface area contributed by atoms with Crippen molar-refractivity contribution in [2.45, 2.75) is 19.8 Å². The highest BCUT2D eigenvalue weighted by atomic mass is 16.7. The van der Waals surface area contributed by atoms with Crippen LogP contribution in [0.15, 0.2) is 30.3 Å². The Balaban J connectivity index is 1.69. The van der Waals surface area contributed by atoms with Crippen LogP contribution >= 0.6 is 0 Å². The molecule has 5 nitrogen and oxygen atoms in total. The Bertz CT molecular complexity index is 888. The lowest BCUT2D eigenvalue weighted by Crippen LogP contribution is -2.32. The topological polar surface area (TPSA) is 54.0 Å². The van der Waals surface area contributed by atoms with Crippen molar-refractivity contribution in [3.63, 3.8) is 0 Å². The highest BCUT2D eigenvalue weighted by Gasteiger charge is 2.40. The lowest BCUT2D eigenvalue weighted by atomic mass is 9.67. The van der Waals surface area contributed by atoms with Crippen LogP contribution in [-0.4, -0.2) is 19.4 Å². The number of carbonyl (C=O) groups is 1. The molecular weight excluding hydrogens is 320 g/mol. The lowest BCUT2D eigenvalue weighted by Gasteiger charge is -2.35. The third-order valence-corrected chi connectivity index (χ3v) is 5.63. The number of hydrogen-bond acceptors (Lipinski definition) is 5. The highest BCUT2D eigenvalue weighted by molar-refractivity contribution is 6.01. The van der Waals surface area contributed by atoms with Gasteiger partial charge in [-0.05, 0) is 41.3 Å². The van der Waals surface area contributed by atoms with E-state index in [0.717, 1.165) is 28.2 Å². The molecule has 0 N–H and O–H groups in total. The fraction of sp³-hybridized carbons (Fsp3) is 0.350. The molecule has 3 atom stereocenters. The van der Waals surface area contributed by atoms with Gasteiger partial charge in [0.15, 0.2) is 28.8 Å². The fourth-order valence-corrected chi connectivity index (χ4v) is 4.07. The average molecular weight is 338 g/mol. The van der Waals surface area contributed by atoms with Crippen LogP contribution in [0.3, 0.4) is 0 Å². The van der Waals surface area contributed by atoms with Gasteiger partial charge in [-0.3, -0.25) is 4.79 Å². The SMILES string of the molecule is C[C@@H]1[C@@H](c2ccc3c(c2)OCO3)c2cc3c(cc2C(=O)[C@H]1C)OCO3. The van der Waals surface area contributed by atoms with Gasteiger partial charge in [0.2, 0.25) is 13.6 Å². The summed E-state index contributed by atoms with van der Waals surface area (Å²) in [6, 6.07) is 9.83. The molecule has 2 aromatic rings. The molecule has 25 heavy (non-hydrogen) atoms. The Morgan fingerprint density at radius 1 is 0.840 bits per heavy atom. The van der Waals surface area contributed by atoms with Crippen LogP contribution < -0.4 is 18.9 Å². The molecule has 0 bridgehead atoms. The zero-order valence-corrected chi connectivity index (χ0v) is 14.1. The van der Waals surface area contributed by atoms with Crippen LogP contribution in [-0.2, 0) is 0 Å². The molecule has 0 saturated carbocycles. The summed E-state index contributed by atoms with van der Waals surface area (Å²) in [7, 11) is 0. The summed E-state index contributed by atoms with van der Waals surface area (Å²) in [5.74, 6) is 3.24. The van der Waals surface area contributed by atoms with Crippen molar-refractivity contribution in [3.8, 4) is 23.0 Å². The zero-order chi connectivity index (χ0) is 17.1. The fourth-order valence-electron chi connectivity index (χ4n) is 4.07. The Kier molecular flexibility index (Phi) is 3.02. The molecule has 3 aliphatic rings. The Morgan fingerprint density at radius 3 is 2.24 bits per heavy atom. The molecule has 0 amide bonds. The monoisotopic (exact) mass is 338 g/mol. The van der Waals surface area contributed by atoms with Crippen molar-refractivity contribution in [1.82, 2.24) is 0 Å². The van der Waals surface area contributed by atoms with Gasteiger partial charge in [0.1, 0.15) is 0 Å². The molecule has 5 rings (SSSR count). The molecule has 2 heterocycles. The third kappa shape index (κ3) is 2.05. The molecule has 128 valence electrons. The molecule has 0 aromatic heterocycles. The second kappa shape index (κ2) is 5.15. The van der Waals surface area contributed by atoms with Crippen molar-refractivity contribution in [1.29, 1.82) is 0 Å². The lowest BCUT2D eigenvalue weighted by molar-refractivity contribution is 0.0866. The molecule has 0 saturated heterocycles. The van der Waals surface area contributed by atoms with Crippen LogP contribution in [0.1, 0.15) is 41.3 Å². The molecule has 0 fully saturated rings. The van der Waals surface area contributed by atoms with Gasteiger partial charge in [0, 0.05) is 17.4 Å². The number of ketones is 1. The second-order valence-electron chi connectivity index (χ2n) is 6.90. The van der Waals surface area contributed by atoms with Crippen LogP contribution in [0, 0.1) is 11.8 Å². The van der Waals surface area contributed by atoms with Crippen LogP contribution in [0.2, 0.25) is 0 Å². The maximum Gasteiger partial charge on any atom is 0.231 e. The number of rotatable bonds is 1. The minimum absolute atomic E-state index is 0.0664. The largest absolute Gasteiger partial charge is 0.454 e. The number of hydrogen-bond donors (Lipinski definition) is 0. The molecule has 5 heteroatoms. The first-order valence-electron chi connectivity index (χ1n) is 8.51. The Morgan fingerprint density at radius 2 is 1.48 bits per heavy atom. The summed E-state index contributed by atoms with van der Waals surface area (Å²) in [4.78, 5) is 12.8. The molecular formula is C20H18O5. The van der Waals surface area contributed by atoms with E-state index in [-0.39, 0.29) is 37.1 Å². The summed E-state index contributed by atoms with van der Waals surface area (Å²) in [5, 5.41) is 0. The first-order chi connectivity index (χ1) is 12.1. The van der Waals surface area contributed by atoms with Crippen LogP contribution in [0.25, 0.3) is 0 Å². The number of fused-ring (bicyclic) bond motifs is 3. The number of Topliss-reactive ketones (excluding diaryl/α,β-unsaturated/α-hetero) is 1. The summed E-state index contributed by atoms with van der Waals surface area (Å²) in [6.45, 7) is 4.58. The van der Waals surface area contributed by atoms with E-state index in [1.54, 1.807) is 0 Å². The highest BCUT2D eigenvalue weighted by Crippen LogP contribution is 2.49. The summed E-state index contributed by atoms with van der Waals surface area (Å²) >= 11 is 0. The van der Waals surface area contributed by atoms with Gasteiger partial charge in [-0.1, -0.05) is 19.9 Å². The first kappa shape index (κ1) is 14.6. The number of benzene rings is 2. The van der Waals surface area contributed by atoms with Gasteiger partial charge in [0.05, 0.1) is 0 Å². The van der Waals surface area contributed by atoms with E-state index < -0.39 is 0 Å². The second-order valence-corrected chi connectivity index (χ2v) is 6.90. The van der Waals surface area contributed by atoms with Gasteiger partial charge >= 0.3 is 0 Å². The van der Waals surface area contributed by atoms with Crippen molar-refractivity contribution in [3.05, 3.63) is 47.0 Å². The summed E-state index contributed by atoms with van der Waals surface area (Å²) < 4.78 is 22.0. The number of ether oxygens (including phenoxy) is 4. The van der Waals surface area contributed by atoms with E-state index in [4.69, 9.17) is 18.9 Å². The van der Waals surface area contributed by atoms with Gasteiger partial charge in [0.25, 0.3) is 0 Å². The maximum absolute atomic E-state index is 12.8. The van der Waals surface area contributed by atoms with E-state index in [1.165, 1.54) is 0 Å². The van der Waals surface area contributed by atoms with E-state index in [1.807, 2.05) is 31.2 Å². The van der Waals surface area contributed by atoms with Gasteiger partial charge in [-0.2, -0.15) is 0 Å². The molecule has 2 aliphatic heterocycles. The zero-order valence-electron chi connectivity index (χ0n) is 14.1. The van der Waals surface area contributed by atoms with Crippen molar-refractivity contribution in [2.75, 3.05) is 13.6 Å². The first-order valence-corrected chi connectivity index (χ1v) is 8.51. The minimum atomic E-state index is -0.0664. The normalized spacial score (nSPS) is 25.8. The van der Waals surface area contributed by atoms with Crippen molar-refractivity contribution in [2.24, 2.45) is 11.8 Å². The Labute approximate surface area is 145 Å². The molecule has 0 unspecified atom stereocenters. The smallest absolute Gasteiger partial charge is 0.231 e. The molecule has 0 radical (unpaired) electrons. The minimum Gasteiger partial charge on any atom is -0.454 e. The van der Waals surface area contributed by atoms with E-state index in [0.29, 0.717) is 11.5 Å². The maximum atomic E-state index is 12.8. The van der Waals surface area contributed by atoms with Crippen LogP contribution in [0.5, 0.6) is 23.0 Å². The summed E-state index contributed by atoms with van der Waals surface area (Å²) in [5.41, 5.74) is 2.85. The predicted octanol–water partition coefficient (Wildman–Crippen LogP) is 3.74. The van der Waals surface area contributed by atoms with Crippen molar-refractivity contribution >= 4 is 5.78 Å². The van der Waals surface area contributed by atoms with E-state index in [2.05, 4.69) is 13.0 Å². The third-order valence-electron chi connectivity index (χ3n) is 5.63. The van der Waals surface area contributed by atoms with Gasteiger partial charge < -0.3 is 18.9 Å². The standard InChI is InChI=1S/C20H18O5/c1-10-11(2)20(21)14-7-18-17(24-9-25-18)6-13(14)19(10)12-3-4-15-16(5-12)23-8-22-15/h3-7,10-11,19H,8-9H2,1-2H3/t10-,11-,19-/m0/s1. The quantitative estimate of drug-likeness (QED) is 0.793. The molecule has 0 spiro atoms. The predicted molar refractivity (Wildman–Crippen MR) is 89.6 cm³/mol. The summed E-state index contributed by atoms with van der Waals surface area (Å²) in [6.07, 6.45) is 0. The van der Waals surface area contributed by atoms with Gasteiger partial charge in [-0.15, -0.1) is 0 Å². The van der Waals surface area contributed by atoms with Gasteiger partial charge in [-0.25, -0.2) is 0 Å². The van der Waals surface area contributed by atoms with E-state index in [9.17, 15) is 4.79 Å². The van der Waals surface area contributed by atoms with Crippen molar-refractivity contribution < 1.29 is 23.7 Å². The van der Waals surface area contributed by atoms with Crippen LogP contribution in [0.4, 0.5) is 0 Å².